The molecule has 2 N–H and O–H groups in total. The number of anilines is 1. The monoisotopic (exact) mass is 304 g/mol. The predicted octanol–water partition coefficient (Wildman–Crippen LogP) is 3.49. The summed E-state index contributed by atoms with van der Waals surface area (Å²) in [7, 11) is 0. The minimum atomic E-state index is -0.239. The smallest absolute Gasteiger partial charge is 0.248 e. The zero-order valence-corrected chi connectivity index (χ0v) is 12.7. The highest BCUT2D eigenvalue weighted by atomic mass is 16.1. The number of fused-ring (bicyclic) bond motifs is 1. The summed E-state index contributed by atoms with van der Waals surface area (Å²) in [4.78, 5) is 27.1. The number of carbonyl (C=O) groups excluding carboxylic acids is 1. The van der Waals surface area contributed by atoms with Gasteiger partial charge in [-0.1, -0.05) is 30.3 Å². The second-order valence-corrected chi connectivity index (χ2v) is 5.31. The first kappa shape index (κ1) is 14.8. The molecule has 23 heavy (non-hydrogen) atoms. The van der Waals surface area contributed by atoms with E-state index < -0.39 is 0 Å². The van der Waals surface area contributed by atoms with E-state index in [1.165, 1.54) is 6.08 Å². The summed E-state index contributed by atoms with van der Waals surface area (Å²) in [6.07, 6.45) is 3.21. The molecule has 2 aromatic carbocycles. The van der Waals surface area contributed by atoms with E-state index in [4.69, 9.17) is 0 Å². The van der Waals surface area contributed by atoms with Crippen LogP contribution in [-0.2, 0) is 4.79 Å². The molecule has 0 saturated carbocycles. The Hall–Kier alpha value is -3.14. The molecular weight excluding hydrogens is 288 g/mol. The van der Waals surface area contributed by atoms with E-state index in [1.807, 2.05) is 37.3 Å². The van der Waals surface area contributed by atoms with E-state index in [1.54, 1.807) is 30.3 Å². The molecular formula is C19H16N2O2. The van der Waals surface area contributed by atoms with Gasteiger partial charge in [-0.3, -0.25) is 9.59 Å². The summed E-state index contributed by atoms with van der Waals surface area (Å²) in [5.74, 6) is -0.239. The number of H-pyrrole nitrogens is 1. The van der Waals surface area contributed by atoms with E-state index in [0.29, 0.717) is 11.1 Å². The molecule has 3 aromatic rings. The Morgan fingerprint density at radius 3 is 2.65 bits per heavy atom. The van der Waals surface area contributed by atoms with Crippen LogP contribution in [0, 0.1) is 6.92 Å². The molecule has 1 amide bonds. The number of hydrogen-bond donors (Lipinski definition) is 2. The summed E-state index contributed by atoms with van der Waals surface area (Å²) in [6.45, 7) is 1.84. The standard InChI is InChI=1S/C19H16N2O2/c1-13-11-18(22)16-12-15(8-9-17(16)20-13)21-19(23)10-7-14-5-3-2-4-6-14/h2-12H,1H3,(H,20,22)(H,21,23)/b10-7+. The molecule has 0 saturated heterocycles. The molecule has 0 spiro atoms. The average Bonchev–Trinajstić information content (AvgIpc) is 2.54. The van der Waals surface area contributed by atoms with Crippen molar-refractivity contribution in [3.8, 4) is 0 Å². The van der Waals surface area contributed by atoms with Crippen molar-refractivity contribution in [3.63, 3.8) is 0 Å². The molecule has 3 rings (SSSR count). The Morgan fingerprint density at radius 2 is 1.87 bits per heavy atom. The molecule has 0 aliphatic rings. The number of rotatable bonds is 3. The van der Waals surface area contributed by atoms with Crippen molar-refractivity contribution in [2.45, 2.75) is 6.92 Å². The minimum absolute atomic E-state index is 0.0628. The number of pyridine rings is 1. The first-order valence-electron chi connectivity index (χ1n) is 7.29. The Labute approximate surface area is 133 Å². The minimum Gasteiger partial charge on any atom is -0.358 e. The zero-order valence-electron chi connectivity index (χ0n) is 12.7. The van der Waals surface area contributed by atoms with Crippen molar-refractivity contribution in [1.82, 2.24) is 4.98 Å². The lowest BCUT2D eigenvalue weighted by molar-refractivity contribution is -0.111. The largest absolute Gasteiger partial charge is 0.358 e. The maximum absolute atomic E-state index is 12.0. The van der Waals surface area contributed by atoms with Crippen LogP contribution in [0.3, 0.4) is 0 Å². The third-order valence-corrected chi connectivity index (χ3v) is 3.46. The molecule has 4 heteroatoms. The molecule has 0 aliphatic carbocycles. The highest BCUT2D eigenvalue weighted by Crippen LogP contribution is 2.15. The van der Waals surface area contributed by atoms with Crippen LogP contribution in [0.4, 0.5) is 5.69 Å². The van der Waals surface area contributed by atoms with Gasteiger partial charge in [-0.2, -0.15) is 0 Å². The van der Waals surface area contributed by atoms with Crippen molar-refractivity contribution in [2.24, 2.45) is 0 Å². The number of aromatic nitrogens is 1. The number of carbonyl (C=O) groups is 1. The number of amides is 1. The van der Waals surface area contributed by atoms with Gasteiger partial charge in [-0.05, 0) is 36.8 Å². The Kier molecular flexibility index (Phi) is 4.06. The molecule has 0 bridgehead atoms. The third kappa shape index (κ3) is 3.55. The van der Waals surface area contributed by atoms with Crippen LogP contribution in [0.2, 0.25) is 0 Å². The SMILES string of the molecule is Cc1cc(=O)c2cc(NC(=O)/C=C/c3ccccc3)ccc2[nH]1. The van der Waals surface area contributed by atoms with Gasteiger partial charge in [0.05, 0.1) is 0 Å². The topological polar surface area (TPSA) is 62.0 Å². The molecule has 0 aliphatic heterocycles. The molecule has 114 valence electrons. The predicted molar refractivity (Wildman–Crippen MR) is 93.4 cm³/mol. The van der Waals surface area contributed by atoms with Gasteiger partial charge in [0.15, 0.2) is 5.43 Å². The van der Waals surface area contributed by atoms with Crippen molar-refractivity contribution < 1.29 is 4.79 Å². The van der Waals surface area contributed by atoms with Gasteiger partial charge < -0.3 is 10.3 Å². The summed E-state index contributed by atoms with van der Waals surface area (Å²) in [6, 6.07) is 16.4. The van der Waals surface area contributed by atoms with Crippen LogP contribution in [0.15, 0.2) is 65.5 Å². The molecule has 0 unspecified atom stereocenters. The summed E-state index contributed by atoms with van der Waals surface area (Å²) in [5, 5.41) is 3.32. The fourth-order valence-electron chi connectivity index (χ4n) is 2.38. The Bertz CT molecular complexity index is 940. The van der Waals surface area contributed by atoms with Crippen LogP contribution in [0.5, 0.6) is 0 Å². The Balaban J connectivity index is 1.80. The lowest BCUT2D eigenvalue weighted by Gasteiger charge is -2.05. The fourth-order valence-corrected chi connectivity index (χ4v) is 2.38. The van der Waals surface area contributed by atoms with E-state index >= 15 is 0 Å². The molecule has 1 heterocycles. The highest BCUT2D eigenvalue weighted by Gasteiger charge is 2.03. The van der Waals surface area contributed by atoms with Crippen molar-refractivity contribution in [3.05, 3.63) is 82.2 Å². The summed E-state index contributed by atoms with van der Waals surface area (Å²) < 4.78 is 0. The Morgan fingerprint density at radius 1 is 1.09 bits per heavy atom. The van der Waals surface area contributed by atoms with E-state index in [0.717, 1.165) is 16.8 Å². The van der Waals surface area contributed by atoms with E-state index in [9.17, 15) is 9.59 Å². The number of aromatic amines is 1. The van der Waals surface area contributed by atoms with Crippen LogP contribution >= 0.6 is 0 Å². The maximum Gasteiger partial charge on any atom is 0.248 e. The fraction of sp³-hybridized carbons (Fsp3) is 0.0526. The average molecular weight is 304 g/mol. The van der Waals surface area contributed by atoms with E-state index in [2.05, 4.69) is 10.3 Å². The second-order valence-electron chi connectivity index (χ2n) is 5.31. The van der Waals surface area contributed by atoms with Crippen LogP contribution in [0.25, 0.3) is 17.0 Å². The van der Waals surface area contributed by atoms with Gasteiger partial charge in [-0.25, -0.2) is 0 Å². The van der Waals surface area contributed by atoms with Gasteiger partial charge in [0.2, 0.25) is 5.91 Å². The van der Waals surface area contributed by atoms with Gasteiger partial charge in [0.25, 0.3) is 0 Å². The number of nitrogens with one attached hydrogen (secondary N) is 2. The molecule has 0 atom stereocenters. The van der Waals surface area contributed by atoms with Crippen LogP contribution in [-0.4, -0.2) is 10.9 Å². The lowest BCUT2D eigenvalue weighted by atomic mass is 10.1. The van der Waals surface area contributed by atoms with Crippen molar-refractivity contribution in [1.29, 1.82) is 0 Å². The lowest BCUT2D eigenvalue weighted by Crippen LogP contribution is -2.09. The quantitative estimate of drug-likeness (QED) is 0.728. The van der Waals surface area contributed by atoms with E-state index in [-0.39, 0.29) is 11.3 Å². The van der Waals surface area contributed by atoms with Gasteiger partial charge in [0, 0.05) is 34.4 Å². The number of aryl methyl sites for hydroxylation is 1. The number of hydrogen-bond acceptors (Lipinski definition) is 2. The number of benzene rings is 2. The van der Waals surface area contributed by atoms with Crippen LogP contribution in [0.1, 0.15) is 11.3 Å². The molecule has 4 nitrogen and oxygen atoms in total. The second kappa shape index (κ2) is 6.32. The molecule has 0 fully saturated rings. The third-order valence-electron chi connectivity index (χ3n) is 3.46. The van der Waals surface area contributed by atoms with Gasteiger partial charge >= 0.3 is 0 Å². The first-order chi connectivity index (χ1) is 11.1. The highest BCUT2D eigenvalue weighted by molar-refractivity contribution is 6.02. The summed E-state index contributed by atoms with van der Waals surface area (Å²) >= 11 is 0. The first-order valence-corrected chi connectivity index (χ1v) is 7.29. The van der Waals surface area contributed by atoms with Crippen LogP contribution < -0.4 is 10.7 Å². The van der Waals surface area contributed by atoms with Crippen molar-refractivity contribution in [2.75, 3.05) is 5.32 Å². The molecule has 0 radical (unpaired) electrons. The van der Waals surface area contributed by atoms with Gasteiger partial charge in [0.1, 0.15) is 0 Å². The molecule has 1 aromatic heterocycles. The maximum atomic E-state index is 12.0. The summed E-state index contributed by atoms with van der Waals surface area (Å²) in [5.41, 5.74) is 3.05. The van der Waals surface area contributed by atoms with Crippen molar-refractivity contribution >= 4 is 28.6 Å². The van der Waals surface area contributed by atoms with Gasteiger partial charge in [-0.15, -0.1) is 0 Å². The zero-order chi connectivity index (χ0) is 16.2. The normalized spacial score (nSPS) is 11.0.